The normalized spacial score (nSPS) is 18.1. The van der Waals surface area contributed by atoms with Gasteiger partial charge in [0.15, 0.2) is 5.96 Å². The van der Waals surface area contributed by atoms with Crippen molar-refractivity contribution in [2.75, 3.05) is 19.6 Å². The highest BCUT2D eigenvalue weighted by atomic mass is 32.1. The van der Waals surface area contributed by atoms with E-state index in [1.165, 1.54) is 29.3 Å². The highest BCUT2D eigenvalue weighted by Crippen LogP contribution is 2.29. The summed E-state index contributed by atoms with van der Waals surface area (Å²) in [5.41, 5.74) is 6.02. The standard InChI is InChI=1S/C16H21N3OS/c17-16(19-8-4-1-5-9-19)18-11-13(20)15-10-12-6-2-3-7-14(12)21-15/h2-3,6-7,10,13,20H,1,4-5,8-9,11H2,(H2,17,18). The third-order valence-electron chi connectivity index (χ3n) is 3.88. The van der Waals surface area contributed by atoms with E-state index in [1.54, 1.807) is 11.3 Å². The Hall–Kier alpha value is -1.59. The number of hydrogen-bond donors (Lipinski definition) is 2. The summed E-state index contributed by atoms with van der Waals surface area (Å²) < 4.78 is 1.19. The van der Waals surface area contributed by atoms with E-state index in [1.807, 2.05) is 18.2 Å². The Morgan fingerprint density at radius 2 is 2.05 bits per heavy atom. The van der Waals surface area contributed by atoms with Crippen molar-refractivity contribution in [2.45, 2.75) is 25.4 Å². The molecule has 112 valence electrons. The van der Waals surface area contributed by atoms with E-state index in [0.717, 1.165) is 18.0 Å². The quantitative estimate of drug-likeness (QED) is 0.677. The van der Waals surface area contributed by atoms with Crippen LogP contribution in [-0.2, 0) is 0 Å². The monoisotopic (exact) mass is 303 g/mol. The number of likely N-dealkylation sites (tertiary alicyclic amines) is 1. The summed E-state index contributed by atoms with van der Waals surface area (Å²) in [6.45, 7) is 2.29. The summed E-state index contributed by atoms with van der Waals surface area (Å²) >= 11 is 1.62. The lowest BCUT2D eigenvalue weighted by molar-refractivity contribution is 0.190. The van der Waals surface area contributed by atoms with Crippen LogP contribution < -0.4 is 5.73 Å². The van der Waals surface area contributed by atoms with Gasteiger partial charge in [-0.05, 0) is 36.8 Å². The molecule has 0 spiro atoms. The van der Waals surface area contributed by atoms with Crippen LogP contribution in [0.25, 0.3) is 10.1 Å². The van der Waals surface area contributed by atoms with E-state index in [0.29, 0.717) is 12.5 Å². The smallest absolute Gasteiger partial charge is 0.191 e. The first-order valence-corrected chi connectivity index (χ1v) is 8.27. The number of rotatable bonds is 3. The minimum absolute atomic E-state index is 0.329. The molecule has 3 N–H and O–H groups in total. The number of aliphatic imine (C=N–C) groups is 1. The fraction of sp³-hybridized carbons (Fsp3) is 0.438. The number of aliphatic hydroxyl groups is 1. The van der Waals surface area contributed by atoms with E-state index in [4.69, 9.17) is 5.73 Å². The van der Waals surface area contributed by atoms with E-state index in [-0.39, 0.29) is 0 Å². The fourth-order valence-electron chi connectivity index (χ4n) is 2.66. The van der Waals surface area contributed by atoms with Crippen molar-refractivity contribution in [2.24, 2.45) is 10.7 Å². The number of hydrogen-bond acceptors (Lipinski definition) is 3. The molecular formula is C16H21N3OS. The van der Waals surface area contributed by atoms with Gasteiger partial charge in [-0.2, -0.15) is 0 Å². The average molecular weight is 303 g/mol. The van der Waals surface area contributed by atoms with Crippen LogP contribution in [0.5, 0.6) is 0 Å². The van der Waals surface area contributed by atoms with E-state index in [9.17, 15) is 5.11 Å². The minimum Gasteiger partial charge on any atom is -0.386 e. The second kappa shape index (κ2) is 6.45. The molecule has 0 aliphatic carbocycles. The minimum atomic E-state index is -0.578. The second-order valence-corrected chi connectivity index (χ2v) is 6.56. The lowest BCUT2D eigenvalue weighted by Gasteiger charge is -2.27. The molecule has 1 aromatic heterocycles. The molecule has 1 atom stereocenters. The maximum atomic E-state index is 10.3. The van der Waals surface area contributed by atoms with Crippen molar-refractivity contribution >= 4 is 27.4 Å². The molecule has 1 aliphatic rings. The van der Waals surface area contributed by atoms with Crippen LogP contribution in [0.1, 0.15) is 30.2 Å². The molecule has 1 fully saturated rings. The molecule has 0 radical (unpaired) electrons. The molecule has 1 unspecified atom stereocenters. The number of nitrogens with zero attached hydrogens (tertiary/aromatic N) is 2. The molecule has 21 heavy (non-hydrogen) atoms. The summed E-state index contributed by atoms with van der Waals surface area (Å²) in [5, 5.41) is 11.5. The molecule has 4 nitrogen and oxygen atoms in total. The molecule has 0 bridgehead atoms. The van der Waals surface area contributed by atoms with E-state index in [2.05, 4.69) is 22.0 Å². The molecule has 5 heteroatoms. The van der Waals surface area contributed by atoms with Gasteiger partial charge in [0.05, 0.1) is 6.54 Å². The van der Waals surface area contributed by atoms with Crippen LogP contribution in [0.2, 0.25) is 0 Å². The van der Waals surface area contributed by atoms with Gasteiger partial charge < -0.3 is 15.7 Å². The van der Waals surface area contributed by atoms with Crippen molar-refractivity contribution in [1.82, 2.24) is 4.90 Å². The largest absolute Gasteiger partial charge is 0.386 e. The predicted molar refractivity (Wildman–Crippen MR) is 88.7 cm³/mol. The number of piperidine rings is 1. The Labute approximate surface area is 128 Å². The van der Waals surface area contributed by atoms with Crippen molar-refractivity contribution < 1.29 is 5.11 Å². The van der Waals surface area contributed by atoms with Gasteiger partial charge >= 0.3 is 0 Å². The Balaban J connectivity index is 1.66. The van der Waals surface area contributed by atoms with Crippen LogP contribution in [0.3, 0.4) is 0 Å². The number of fused-ring (bicyclic) bond motifs is 1. The number of nitrogens with two attached hydrogens (primary N) is 1. The lowest BCUT2D eigenvalue weighted by Crippen LogP contribution is -2.41. The first-order chi connectivity index (χ1) is 10.2. The Morgan fingerprint density at radius 1 is 1.29 bits per heavy atom. The third kappa shape index (κ3) is 3.36. The fourth-order valence-corrected chi connectivity index (χ4v) is 3.70. The molecule has 0 amide bonds. The predicted octanol–water partition coefficient (Wildman–Crippen LogP) is 2.74. The molecule has 3 rings (SSSR count). The van der Waals surface area contributed by atoms with Gasteiger partial charge in [0.2, 0.25) is 0 Å². The molecule has 1 aromatic carbocycles. The number of guanidine groups is 1. The van der Waals surface area contributed by atoms with Gasteiger partial charge in [0, 0.05) is 22.7 Å². The third-order valence-corrected chi connectivity index (χ3v) is 5.10. The zero-order chi connectivity index (χ0) is 14.7. The number of benzene rings is 1. The van der Waals surface area contributed by atoms with Gasteiger partial charge in [-0.1, -0.05) is 18.2 Å². The van der Waals surface area contributed by atoms with Gasteiger partial charge in [-0.15, -0.1) is 11.3 Å². The van der Waals surface area contributed by atoms with Gasteiger partial charge in [-0.25, -0.2) is 0 Å². The van der Waals surface area contributed by atoms with Crippen LogP contribution in [0.15, 0.2) is 35.3 Å². The first-order valence-electron chi connectivity index (χ1n) is 7.45. The summed E-state index contributed by atoms with van der Waals surface area (Å²) in [5.74, 6) is 0.565. The average Bonchev–Trinajstić information content (AvgIpc) is 2.97. The van der Waals surface area contributed by atoms with Crippen molar-refractivity contribution in [1.29, 1.82) is 0 Å². The van der Waals surface area contributed by atoms with Crippen LogP contribution in [0.4, 0.5) is 0 Å². The first kappa shape index (κ1) is 14.4. The van der Waals surface area contributed by atoms with Crippen LogP contribution >= 0.6 is 11.3 Å². The Bertz CT molecular complexity index is 598. The summed E-state index contributed by atoms with van der Waals surface area (Å²) in [6.07, 6.45) is 3.05. The van der Waals surface area contributed by atoms with Gasteiger partial charge in [0.1, 0.15) is 6.10 Å². The van der Waals surface area contributed by atoms with Crippen LogP contribution in [-0.4, -0.2) is 35.6 Å². The molecule has 0 saturated carbocycles. The Kier molecular flexibility index (Phi) is 4.41. The van der Waals surface area contributed by atoms with Gasteiger partial charge in [-0.3, -0.25) is 4.99 Å². The molecular weight excluding hydrogens is 282 g/mol. The molecule has 2 aromatic rings. The Morgan fingerprint density at radius 3 is 2.81 bits per heavy atom. The molecule has 1 saturated heterocycles. The van der Waals surface area contributed by atoms with Crippen molar-refractivity contribution in [3.05, 3.63) is 35.2 Å². The van der Waals surface area contributed by atoms with Crippen LogP contribution in [0, 0.1) is 0 Å². The van der Waals surface area contributed by atoms with Crippen molar-refractivity contribution in [3.8, 4) is 0 Å². The second-order valence-electron chi connectivity index (χ2n) is 5.45. The molecule has 1 aliphatic heterocycles. The maximum absolute atomic E-state index is 10.3. The van der Waals surface area contributed by atoms with E-state index >= 15 is 0 Å². The zero-order valence-electron chi connectivity index (χ0n) is 12.0. The molecule has 2 heterocycles. The lowest BCUT2D eigenvalue weighted by atomic mass is 10.1. The summed E-state index contributed by atoms with van der Waals surface area (Å²) in [4.78, 5) is 7.43. The van der Waals surface area contributed by atoms with E-state index < -0.39 is 6.10 Å². The summed E-state index contributed by atoms with van der Waals surface area (Å²) in [6, 6.07) is 10.2. The number of thiophene rings is 1. The SMILES string of the molecule is NC(=NCC(O)c1cc2ccccc2s1)N1CCCCC1. The topological polar surface area (TPSA) is 61.9 Å². The zero-order valence-corrected chi connectivity index (χ0v) is 12.9. The maximum Gasteiger partial charge on any atom is 0.191 e. The van der Waals surface area contributed by atoms with Gasteiger partial charge in [0.25, 0.3) is 0 Å². The highest BCUT2D eigenvalue weighted by molar-refractivity contribution is 7.19. The van der Waals surface area contributed by atoms with Crippen molar-refractivity contribution in [3.63, 3.8) is 0 Å². The highest BCUT2D eigenvalue weighted by Gasteiger charge is 2.14. The number of aliphatic hydroxyl groups excluding tert-OH is 1. The summed E-state index contributed by atoms with van der Waals surface area (Å²) in [7, 11) is 0.